The van der Waals surface area contributed by atoms with Gasteiger partial charge in [-0.25, -0.2) is 13.2 Å². The van der Waals surface area contributed by atoms with Crippen LogP contribution >= 0.6 is 11.6 Å². The molecule has 10 heteroatoms. The first-order valence-electron chi connectivity index (χ1n) is 8.62. The fourth-order valence-corrected chi connectivity index (χ4v) is 5.27. The molecular formula is C17H23ClN4O4S. The number of carbonyl (C=O) groups excluding carboxylic acids is 2. The molecular weight excluding hydrogens is 392 g/mol. The van der Waals surface area contributed by atoms with Crippen molar-refractivity contribution in [2.24, 2.45) is 5.41 Å². The third kappa shape index (κ3) is 4.04. The summed E-state index contributed by atoms with van der Waals surface area (Å²) in [4.78, 5) is 27.6. The van der Waals surface area contributed by atoms with Crippen LogP contribution in [0.2, 0.25) is 5.02 Å². The molecule has 0 bridgehead atoms. The van der Waals surface area contributed by atoms with Gasteiger partial charge in [-0.1, -0.05) is 11.6 Å². The second-order valence-corrected chi connectivity index (χ2v) is 9.72. The van der Waals surface area contributed by atoms with Crippen molar-refractivity contribution < 1.29 is 18.0 Å². The zero-order chi connectivity index (χ0) is 19.8. The van der Waals surface area contributed by atoms with Crippen molar-refractivity contribution in [1.82, 2.24) is 19.4 Å². The van der Waals surface area contributed by atoms with Gasteiger partial charge in [0.15, 0.2) is 0 Å². The predicted molar refractivity (Wildman–Crippen MR) is 101 cm³/mol. The van der Waals surface area contributed by atoms with Crippen LogP contribution in [0.3, 0.4) is 0 Å². The first-order chi connectivity index (χ1) is 12.6. The van der Waals surface area contributed by atoms with Crippen LogP contribution in [0.4, 0.5) is 4.79 Å². The number of nitrogens with one attached hydrogen (secondary N) is 1. The third-order valence-corrected chi connectivity index (χ3v) is 7.07. The van der Waals surface area contributed by atoms with Crippen LogP contribution in [0, 0.1) is 5.41 Å². The van der Waals surface area contributed by atoms with Crippen LogP contribution in [0.15, 0.2) is 29.2 Å². The second kappa shape index (κ2) is 7.29. The molecule has 1 spiro atoms. The second-order valence-electron chi connectivity index (χ2n) is 7.34. The Labute approximate surface area is 164 Å². The maximum absolute atomic E-state index is 13.1. The number of carbonyl (C=O) groups is 2. The van der Waals surface area contributed by atoms with Crippen molar-refractivity contribution in [2.75, 3.05) is 46.8 Å². The molecule has 1 aromatic rings. The van der Waals surface area contributed by atoms with Crippen LogP contribution < -0.4 is 5.32 Å². The average Bonchev–Trinajstić information content (AvgIpc) is 2.85. The molecule has 2 heterocycles. The molecule has 2 saturated heterocycles. The molecule has 148 valence electrons. The van der Waals surface area contributed by atoms with E-state index in [1.54, 1.807) is 19.0 Å². The maximum Gasteiger partial charge on any atom is 0.319 e. The van der Waals surface area contributed by atoms with E-state index in [4.69, 9.17) is 11.6 Å². The predicted octanol–water partition coefficient (Wildman–Crippen LogP) is 0.834. The van der Waals surface area contributed by atoms with Gasteiger partial charge in [0, 0.05) is 63.7 Å². The van der Waals surface area contributed by atoms with Gasteiger partial charge in [0.25, 0.3) is 0 Å². The number of benzene rings is 1. The van der Waals surface area contributed by atoms with Gasteiger partial charge in [-0.15, -0.1) is 0 Å². The number of hydrogen-bond donors (Lipinski definition) is 1. The first-order valence-corrected chi connectivity index (χ1v) is 10.4. The van der Waals surface area contributed by atoms with Crippen molar-refractivity contribution in [3.8, 4) is 0 Å². The molecule has 8 nitrogen and oxygen atoms in total. The Morgan fingerprint density at radius 3 is 2.41 bits per heavy atom. The Hall–Kier alpha value is -1.84. The summed E-state index contributed by atoms with van der Waals surface area (Å²) in [5, 5.41) is 3.24. The Balaban J connectivity index is 1.93. The fraction of sp³-hybridized carbons (Fsp3) is 0.529. The molecule has 1 unspecified atom stereocenters. The Kier molecular flexibility index (Phi) is 5.38. The number of sulfonamides is 1. The molecule has 1 N–H and O–H groups in total. The monoisotopic (exact) mass is 414 g/mol. The number of amides is 3. The SMILES string of the molecule is CN(C)C(=O)N1CCN(S(=O)(=O)c2ccc(Cl)cc2)CC2(CNC(=O)C2)C1. The molecule has 2 aliphatic rings. The van der Waals surface area contributed by atoms with E-state index in [0.29, 0.717) is 18.1 Å². The van der Waals surface area contributed by atoms with Gasteiger partial charge in [0.2, 0.25) is 15.9 Å². The van der Waals surface area contributed by atoms with Crippen molar-refractivity contribution in [2.45, 2.75) is 11.3 Å². The summed E-state index contributed by atoms with van der Waals surface area (Å²) < 4.78 is 27.7. The molecule has 2 fully saturated rings. The van der Waals surface area contributed by atoms with Crippen LogP contribution in [-0.4, -0.2) is 81.3 Å². The summed E-state index contributed by atoms with van der Waals surface area (Å²) >= 11 is 5.87. The van der Waals surface area contributed by atoms with E-state index in [0.717, 1.165) is 0 Å². The summed E-state index contributed by atoms with van der Waals surface area (Å²) in [5.41, 5.74) is -0.640. The highest BCUT2D eigenvalue weighted by Gasteiger charge is 2.46. The molecule has 0 aromatic heterocycles. The lowest BCUT2D eigenvalue weighted by atomic mass is 9.86. The zero-order valence-corrected chi connectivity index (χ0v) is 16.9. The number of halogens is 1. The highest BCUT2D eigenvalue weighted by molar-refractivity contribution is 7.89. The van der Waals surface area contributed by atoms with Gasteiger partial charge < -0.3 is 15.1 Å². The van der Waals surface area contributed by atoms with Gasteiger partial charge in [-0.2, -0.15) is 4.31 Å². The zero-order valence-electron chi connectivity index (χ0n) is 15.3. The van der Waals surface area contributed by atoms with Crippen molar-refractivity contribution in [3.05, 3.63) is 29.3 Å². The minimum Gasteiger partial charge on any atom is -0.355 e. The van der Waals surface area contributed by atoms with E-state index >= 15 is 0 Å². The molecule has 0 radical (unpaired) electrons. The van der Waals surface area contributed by atoms with Crippen LogP contribution in [0.25, 0.3) is 0 Å². The van der Waals surface area contributed by atoms with Gasteiger partial charge >= 0.3 is 6.03 Å². The van der Waals surface area contributed by atoms with Crippen molar-refractivity contribution in [3.63, 3.8) is 0 Å². The van der Waals surface area contributed by atoms with E-state index in [9.17, 15) is 18.0 Å². The van der Waals surface area contributed by atoms with E-state index < -0.39 is 15.4 Å². The van der Waals surface area contributed by atoms with E-state index in [1.165, 1.54) is 33.5 Å². The lowest BCUT2D eigenvalue weighted by molar-refractivity contribution is -0.119. The summed E-state index contributed by atoms with van der Waals surface area (Å²) in [6, 6.07) is 5.81. The van der Waals surface area contributed by atoms with Crippen LogP contribution in [0.1, 0.15) is 6.42 Å². The maximum atomic E-state index is 13.1. The molecule has 27 heavy (non-hydrogen) atoms. The Morgan fingerprint density at radius 2 is 1.85 bits per heavy atom. The molecule has 3 rings (SSSR count). The van der Waals surface area contributed by atoms with Gasteiger partial charge in [0.1, 0.15) is 0 Å². The molecule has 2 aliphatic heterocycles. The molecule has 3 amide bonds. The van der Waals surface area contributed by atoms with Crippen LogP contribution in [-0.2, 0) is 14.8 Å². The number of urea groups is 1. The molecule has 0 saturated carbocycles. The number of rotatable bonds is 2. The standard InChI is InChI=1S/C17H23ClN4O4S/c1-20(2)16(24)21-7-8-22(12-17(11-21)9-15(23)19-10-17)27(25,26)14-5-3-13(18)4-6-14/h3-6H,7-12H2,1-2H3,(H,19,23). The van der Waals surface area contributed by atoms with Crippen molar-refractivity contribution >= 4 is 33.6 Å². The van der Waals surface area contributed by atoms with Crippen LogP contribution in [0.5, 0.6) is 0 Å². The van der Waals surface area contributed by atoms with E-state index in [2.05, 4.69) is 5.32 Å². The minimum atomic E-state index is -3.77. The molecule has 0 aliphatic carbocycles. The minimum absolute atomic E-state index is 0.127. The smallest absolute Gasteiger partial charge is 0.319 e. The fourth-order valence-electron chi connectivity index (χ4n) is 3.60. The summed E-state index contributed by atoms with van der Waals surface area (Å²) in [7, 11) is -0.462. The van der Waals surface area contributed by atoms with Gasteiger partial charge in [0.05, 0.1) is 4.90 Å². The van der Waals surface area contributed by atoms with Crippen molar-refractivity contribution in [1.29, 1.82) is 0 Å². The van der Waals surface area contributed by atoms with Gasteiger partial charge in [-0.05, 0) is 24.3 Å². The van der Waals surface area contributed by atoms with E-state index in [1.807, 2.05) is 0 Å². The normalized spacial score (nSPS) is 24.0. The number of nitrogens with zero attached hydrogens (tertiary/aromatic N) is 3. The highest BCUT2D eigenvalue weighted by Crippen LogP contribution is 2.33. The summed E-state index contributed by atoms with van der Waals surface area (Å²) in [5.74, 6) is -0.127. The lowest BCUT2D eigenvalue weighted by Crippen LogP contribution is -2.47. The molecule has 1 aromatic carbocycles. The topological polar surface area (TPSA) is 90.0 Å². The average molecular weight is 415 g/mol. The summed E-state index contributed by atoms with van der Waals surface area (Å²) in [6.07, 6.45) is 0.191. The first kappa shape index (κ1) is 19.9. The number of hydrogen-bond acceptors (Lipinski definition) is 4. The third-order valence-electron chi connectivity index (χ3n) is 4.96. The quantitative estimate of drug-likeness (QED) is 0.776. The highest BCUT2D eigenvalue weighted by atomic mass is 35.5. The molecule has 1 atom stereocenters. The summed E-state index contributed by atoms with van der Waals surface area (Å²) in [6.45, 7) is 1.28. The lowest BCUT2D eigenvalue weighted by Gasteiger charge is -2.33. The Morgan fingerprint density at radius 1 is 1.19 bits per heavy atom. The largest absolute Gasteiger partial charge is 0.355 e. The van der Waals surface area contributed by atoms with E-state index in [-0.39, 0.29) is 42.9 Å². The Bertz CT molecular complexity index is 843. The van der Waals surface area contributed by atoms with Gasteiger partial charge in [-0.3, -0.25) is 4.79 Å².